The van der Waals surface area contributed by atoms with Crippen molar-refractivity contribution in [3.63, 3.8) is 0 Å². The monoisotopic (exact) mass is 612 g/mol. The molecule has 0 aromatic carbocycles. The molecule has 0 aliphatic carbocycles. The summed E-state index contributed by atoms with van der Waals surface area (Å²) in [6.07, 6.45) is 32.9. The van der Waals surface area contributed by atoms with Crippen molar-refractivity contribution in [2.24, 2.45) is 0 Å². The Morgan fingerprint density at radius 2 is 1.10 bits per heavy atom. The van der Waals surface area contributed by atoms with Crippen molar-refractivity contribution in [2.45, 2.75) is 136 Å². The van der Waals surface area contributed by atoms with E-state index < -0.39 is 32.5 Å². The average Bonchev–Trinajstić information content (AvgIpc) is 2.95. The summed E-state index contributed by atoms with van der Waals surface area (Å²) >= 11 is 0. The second kappa shape index (κ2) is 29.1. The summed E-state index contributed by atoms with van der Waals surface area (Å²) in [7, 11) is -4.75. The Morgan fingerprint density at radius 1 is 0.619 bits per heavy atom. The molecule has 8 nitrogen and oxygen atoms in total. The number of allylic oxidation sites excluding steroid dienone is 8. The van der Waals surface area contributed by atoms with Crippen LogP contribution in [0.3, 0.4) is 0 Å². The van der Waals surface area contributed by atoms with E-state index in [1.165, 1.54) is 44.9 Å². The van der Waals surface area contributed by atoms with Gasteiger partial charge in [0.15, 0.2) is 6.10 Å². The van der Waals surface area contributed by atoms with Gasteiger partial charge in [0, 0.05) is 12.8 Å². The number of hydrogen-bond donors (Lipinski definition) is 2. The Bertz CT molecular complexity index is 828. The topological polar surface area (TPSA) is 119 Å². The summed E-state index contributed by atoms with van der Waals surface area (Å²) in [5.41, 5.74) is 0. The molecular weight excluding hydrogens is 555 g/mol. The summed E-state index contributed by atoms with van der Waals surface area (Å²) in [5.74, 6) is -0.963. The molecule has 0 saturated heterocycles. The van der Waals surface area contributed by atoms with Crippen molar-refractivity contribution < 1.29 is 37.9 Å². The summed E-state index contributed by atoms with van der Waals surface area (Å²) in [5, 5.41) is 0. The molecule has 2 N–H and O–H groups in total. The Kier molecular flexibility index (Phi) is 27.7. The predicted octanol–water partition coefficient (Wildman–Crippen LogP) is 8.84. The molecule has 0 aliphatic heterocycles. The van der Waals surface area contributed by atoms with Crippen LogP contribution in [0, 0.1) is 0 Å². The molecule has 9 heteroatoms. The van der Waals surface area contributed by atoms with E-state index in [2.05, 4.69) is 60.9 Å². The maximum atomic E-state index is 12.2. The molecule has 0 spiro atoms. The number of carbonyl (C=O) groups is 2. The zero-order valence-corrected chi connectivity index (χ0v) is 27.0. The molecule has 0 rings (SSSR count). The van der Waals surface area contributed by atoms with Gasteiger partial charge >= 0.3 is 19.8 Å². The summed E-state index contributed by atoms with van der Waals surface area (Å²) in [6, 6.07) is 0. The lowest BCUT2D eigenvalue weighted by atomic mass is 10.1. The first-order valence-corrected chi connectivity index (χ1v) is 17.5. The van der Waals surface area contributed by atoms with E-state index in [4.69, 9.17) is 19.3 Å². The Hall–Kier alpha value is -1.99. The van der Waals surface area contributed by atoms with Crippen molar-refractivity contribution in [2.75, 3.05) is 13.2 Å². The fraction of sp³-hybridized carbons (Fsp3) is 0.697. The van der Waals surface area contributed by atoms with Gasteiger partial charge < -0.3 is 19.3 Å². The van der Waals surface area contributed by atoms with Crippen LogP contribution in [-0.4, -0.2) is 41.0 Å². The molecular formula is C33H57O8P. The van der Waals surface area contributed by atoms with Gasteiger partial charge in [-0.2, -0.15) is 0 Å². The number of esters is 2. The molecule has 42 heavy (non-hydrogen) atoms. The highest BCUT2D eigenvalue weighted by molar-refractivity contribution is 7.46. The Morgan fingerprint density at radius 3 is 1.67 bits per heavy atom. The lowest BCUT2D eigenvalue weighted by molar-refractivity contribution is -0.161. The van der Waals surface area contributed by atoms with Crippen molar-refractivity contribution in [3.8, 4) is 0 Å². The van der Waals surface area contributed by atoms with E-state index in [0.29, 0.717) is 12.8 Å². The highest BCUT2D eigenvalue weighted by Gasteiger charge is 2.22. The van der Waals surface area contributed by atoms with Crippen LogP contribution in [0.4, 0.5) is 0 Å². The minimum atomic E-state index is -4.75. The van der Waals surface area contributed by atoms with Gasteiger partial charge in [0.25, 0.3) is 0 Å². The van der Waals surface area contributed by atoms with Gasteiger partial charge in [-0.05, 0) is 51.4 Å². The van der Waals surface area contributed by atoms with E-state index in [1.54, 1.807) is 0 Å². The summed E-state index contributed by atoms with van der Waals surface area (Å²) < 4.78 is 26.0. The highest BCUT2D eigenvalue weighted by Crippen LogP contribution is 2.35. The normalized spacial score (nSPS) is 13.1. The number of phosphoric acid groups is 1. The molecule has 0 aromatic rings. The number of ether oxygens (including phenoxy) is 2. The smallest absolute Gasteiger partial charge is 0.462 e. The van der Waals surface area contributed by atoms with Crippen LogP contribution in [0.25, 0.3) is 0 Å². The fourth-order valence-corrected chi connectivity index (χ4v) is 4.31. The molecule has 242 valence electrons. The Labute approximate surface area is 254 Å². The zero-order chi connectivity index (χ0) is 31.2. The second-order valence-corrected chi connectivity index (χ2v) is 11.7. The van der Waals surface area contributed by atoms with Crippen LogP contribution in [0.1, 0.15) is 129 Å². The molecule has 0 saturated carbocycles. The molecule has 0 radical (unpaired) electrons. The standard InChI is InChI=1S/C33H57O8P/c1-3-5-7-9-11-12-13-14-15-16-17-18-19-20-22-23-25-27-32(34)39-29-31(30-40-42(36,37)38)41-33(35)28-26-24-21-10-8-6-4-2/h11-12,14-15,17-18,20,22,31H,3-10,13,16,19,21,23-30H2,1-2H3,(H2,36,37,38)/b12-11+,15-14+,18-17+,22-20+/t31-/m1/s1. The summed E-state index contributed by atoms with van der Waals surface area (Å²) in [6.45, 7) is 3.51. The fourth-order valence-electron chi connectivity index (χ4n) is 3.95. The van der Waals surface area contributed by atoms with E-state index >= 15 is 0 Å². The van der Waals surface area contributed by atoms with Crippen molar-refractivity contribution >= 4 is 19.8 Å². The zero-order valence-electron chi connectivity index (χ0n) is 26.1. The van der Waals surface area contributed by atoms with E-state index in [-0.39, 0.29) is 19.4 Å². The minimum Gasteiger partial charge on any atom is -0.462 e. The van der Waals surface area contributed by atoms with Gasteiger partial charge in [-0.1, -0.05) is 114 Å². The first-order valence-electron chi connectivity index (χ1n) is 15.9. The second-order valence-electron chi connectivity index (χ2n) is 10.4. The maximum absolute atomic E-state index is 12.2. The van der Waals surface area contributed by atoms with Crippen LogP contribution >= 0.6 is 7.82 Å². The van der Waals surface area contributed by atoms with Gasteiger partial charge in [0.05, 0.1) is 6.61 Å². The van der Waals surface area contributed by atoms with E-state index in [9.17, 15) is 14.2 Å². The van der Waals surface area contributed by atoms with Crippen LogP contribution in [0.15, 0.2) is 48.6 Å². The van der Waals surface area contributed by atoms with Crippen LogP contribution in [-0.2, 0) is 28.2 Å². The van der Waals surface area contributed by atoms with Gasteiger partial charge in [0.2, 0.25) is 0 Å². The first-order chi connectivity index (χ1) is 20.3. The third-order valence-electron chi connectivity index (χ3n) is 6.35. The number of unbranched alkanes of at least 4 members (excludes halogenated alkanes) is 10. The molecule has 1 atom stereocenters. The third kappa shape index (κ3) is 31.0. The van der Waals surface area contributed by atoms with Crippen LogP contribution in [0.5, 0.6) is 0 Å². The predicted molar refractivity (Wildman–Crippen MR) is 170 cm³/mol. The third-order valence-corrected chi connectivity index (χ3v) is 6.84. The number of hydrogen-bond acceptors (Lipinski definition) is 6. The molecule has 0 heterocycles. The maximum Gasteiger partial charge on any atom is 0.469 e. The minimum absolute atomic E-state index is 0.191. The lowest BCUT2D eigenvalue weighted by Crippen LogP contribution is -2.29. The molecule has 0 unspecified atom stereocenters. The Balaban J connectivity index is 4.11. The number of rotatable bonds is 28. The first kappa shape index (κ1) is 40.0. The molecule has 0 bridgehead atoms. The van der Waals surface area contributed by atoms with Crippen LogP contribution < -0.4 is 0 Å². The van der Waals surface area contributed by atoms with E-state index in [1.807, 2.05) is 6.08 Å². The molecule has 0 aliphatic rings. The highest BCUT2D eigenvalue weighted by atomic mass is 31.2. The van der Waals surface area contributed by atoms with Crippen molar-refractivity contribution in [1.29, 1.82) is 0 Å². The lowest BCUT2D eigenvalue weighted by Gasteiger charge is -2.18. The van der Waals surface area contributed by atoms with Gasteiger partial charge in [-0.15, -0.1) is 0 Å². The van der Waals surface area contributed by atoms with Crippen LogP contribution in [0.2, 0.25) is 0 Å². The number of carbonyl (C=O) groups excluding carboxylic acids is 2. The summed E-state index contributed by atoms with van der Waals surface area (Å²) in [4.78, 5) is 42.2. The van der Waals surface area contributed by atoms with Gasteiger partial charge in [0.1, 0.15) is 6.61 Å². The van der Waals surface area contributed by atoms with Gasteiger partial charge in [-0.3, -0.25) is 14.1 Å². The number of phosphoric ester groups is 1. The molecule has 0 aromatic heterocycles. The molecule has 0 fully saturated rings. The largest absolute Gasteiger partial charge is 0.469 e. The average molecular weight is 613 g/mol. The molecule has 0 amide bonds. The SMILES string of the molecule is CCCCC/C=C/C/C=C/C/C=C/C/C=C/CCCC(=O)OC[C@H](COP(=O)(O)O)OC(=O)CCCCCCCCC. The van der Waals surface area contributed by atoms with Crippen molar-refractivity contribution in [3.05, 3.63) is 48.6 Å². The van der Waals surface area contributed by atoms with E-state index in [0.717, 1.165) is 44.9 Å². The van der Waals surface area contributed by atoms with Crippen molar-refractivity contribution in [1.82, 2.24) is 0 Å². The quantitative estimate of drug-likeness (QED) is 0.0389. The van der Waals surface area contributed by atoms with Gasteiger partial charge in [-0.25, -0.2) is 4.57 Å².